The van der Waals surface area contributed by atoms with Gasteiger partial charge in [-0.25, -0.2) is 0 Å². The molecule has 0 unspecified atom stereocenters. The van der Waals surface area contributed by atoms with Crippen molar-refractivity contribution in [3.8, 4) is 4.97 Å². The fraction of sp³-hybridized carbons (Fsp3) is 0.125. The van der Waals surface area contributed by atoms with E-state index in [1.807, 2.05) is 17.5 Å². The maximum Gasteiger partial charge on any atom is 1.00 e. The van der Waals surface area contributed by atoms with Crippen LogP contribution in [0.3, 0.4) is 0 Å². The van der Waals surface area contributed by atoms with E-state index in [-0.39, 0.29) is 51.6 Å². The Kier molecular flexibility index (Phi) is 11.4. The largest absolute Gasteiger partial charge is 1.00 e. The summed E-state index contributed by atoms with van der Waals surface area (Å²) >= 11 is 1.44. The molecule has 0 radical (unpaired) electrons. The molecule has 0 atom stereocenters. The van der Waals surface area contributed by atoms with Crippen LogP contribution in [-0.4, -0.2) is 0 Å². The molecule has 0 amide bonds. The first-order chi connectivity index (χ1) is 5.38. The molecule has 0 fully saturated rings. The van der Waals surface area contributed by atoms with E-state index in [4.69, 9.17) is 5.26 Å². The minimum atomic E-state index is -0.192. The average Bonchev–Trinajstić information content (AvgIpc) is 2.52. The Morgan fingerprint density at radius 2 is 2.31 bits per heavy atom. The normalized spacial score (nSPS) is 8.69. The minimum absolute atomic E-state index is 0. The zero-order valence-electron chi connectivity index (χ0n) is 7.88. The van der Waals surface area contributed by atoms with Gasteiger partial charge in [-0.15, -0.1) is 0 Å². The van der Waals surface area contributed by atoms with Gasteiger partial charge in [0.1, 0.15) is 0 Å². The van der Waals surface area contributed by atoms with Crippen LogP contribution in [0.2, 0.25) is 5.32 Å². The van der Waals surface area contributed by atoms with Crippen LogP contribution in [0.15, 0.2) is 30.2 Å². The van der Waals surface area contributed by atoms with Crippen molar-refractivity contribution >= 4 is 15.1 Å². The summed E-state index contributed by atoms with van der Waals surface area (Å²) in [5.74, 6) is 0. The summed E-state index contributed by atoms with van der Waals surface area (Å²) in [6.07, 6.45) is 1.79. The first-order valence-corrected chi connectivity index (χ1v) is 5.44. The van der Waals surface area contributed by atoms with Crippen molar-refractivity contribution in [2.45, 2.75) is 5.32 Å². The molecule has 0 saturated carbocycles. The van der Waals surface area contributed by atoms with Crippen molar-refractivity contribution in [2.75, 3.05) is 0 Å². The van der Waals surface area contributed by atoms with Crippen molar-refractivity contribution < 1.29 is 51.6 Å². The van der Waals surface area contributed by atoms with Gasteiger partial charge in [0, 0.05) is 0 Å². The van der Waals surface area contributed by atoms with Crippen LogP contribution < -0.4 is 41.5 Å². The van der Waals surface area contributed by atoms with E-state index in [0.29, 0.717) is 0 Å². The number of rotatable bonds is 3. The Morgan fingerprint density at radius 1 is 1.62 bits per heavy atom. The van der Waals surface area contributed by atoms with Gasteiger partial charge in [0.2, 0.25) is 0 Å². The van der Waals surface area contributed by atoms with Gasteiger partial charge in [0.05, 0.1) is 0 Å². The summed E-state index contributed by atoms with van der Waals surface area (Å²) in [5, 5.41) is 11.5. The van der Waals surface area contributed by atoms with E-state index in [2.05, 4.69) is 11.5 Å². The first kappa shape index (κ1) is 16.1. The summed E-state index contributed by atoms with van der Waals surface area (Å²) in [6, 6.07) is 3.97. The van der Waals surface area contributed by atoms with Crippen molar-refractivity contribution in [1.29, 1.82) is 5.26 Å². The average molecular weight is 228 g/mol. The van der Waals surface area contributed by atoms with Crippen molar-refractivity contribution in [2.24, 2.45) is 0 Å². The SMILES string of the molecule is C=C[CH2][Cu-2]([C]#N)[c]1cccs1.[Li+].[Li+]. The summed E-state index contributed by atoms with van der Waals surface area (Å²) < 4.78 is 1.15. The van der Waals surface area contributed by atoms with Gasteiger partial charge >= 0.3 is 112 Å². The first-order valence-electron chi connectivity index (χ1n) is 2.95. The second kappa shape index (κ2) is 9.21. The quantitative estimate of drug-likeness (QED) is 0.383. The number of thiophene rings is 1. The molecule has 1 rings (SSSR count). The van der Waals surface area contributed by atoms with Crippen LogP contribution >= 0.6 is 11.3 Å². The molecule has 0 bridgehead atoms. The smallest absolute Gasteiger partial charge is 1.00 e. The molecule has 1 aromatic rings. The van der Waals surface area contributed by atoms with E-state index in [0.717, 1.165) is 9.09 Å². The number of hydrogen-bond acceptors (Lipinski definition) is 2. The third-order valence-electron chi connectivity index (χ3n) is 0.936. The summed E-state index contributed by atoms with van der Waals surface area (Å²) in [5.41, 5.74) is 0. The van der Waals surface area contributed by atoms with Crippen molar-refractivity contribution in [3.63, 3.8) is 0 Å². The second-order valence-corrected chi connectivity index (χ2v) is 4.86. The number of nitriles is 1. The Balaban J connectivity index is 0. The molecule has 0 aliphatic carbocycles. The van der Waals surface area contributed by atoms with Crippen LogP contribution in [0.25, 0.3) is 0 Å². The summed E-state index contributed by atoms with van der Waals surface area (Å²) in [7, 11) is 0. The molecule has 64 valence electrons. The summed E-state index contributed by atoms with van der Waals surface area (Å²) in [6.45, 7) is 3.62. The molecule has 1 aromatic heterocycles. The second-order valence-electron chi connectivity index (χ2n) is 1.65. The van der Waals surface area contributed by atoms with Gasteiger partial charge in [-0.2, -0.15) is 0 Å². The Morgan fingerprint density at radius 3 is 2.69 bits per heavy atom. The zero-order valence-corrected chi connectivity index (χ0v) is 9.64. The maximum atomic E-state index is 8.75. The number of allylic oxidation sites excluding steroid dienone is 1. The molecule has 0 aliphatic rings. The Labute approximate surface area is 111 Å². The monoisotopic (exact) mass is 227 g/mol. The van der Waals surface area contributed by atoms with Crippen LogP contribution in [0, 0.1) is 10.2 Å². The van der Waals surface area contributed by atoms with Crippen molar-refractivity contribution in [3.05, 3.63) is 30.2 Å². The van der Waals surface area contributed by atoms with Crippen molar-refractivity contribution in [1.82, 2.24) is 0 Å². The topological polar surface area (TPSA) is 23.8 Å². The summed E-state index contributed by atoms with van der Waals surface area (Å²) in [4.78, 5) is 2.27. The zero-order chi connectivity index (χ0) is 8.10. The number of nitrogens with zero attached hydrogens (tertiary/aromatic N) is 1. The predicted molar refractivity (Wildman–Crippen MR) is 44.6 cm³/mol. The van der Waals surface area contributed by atoms with Gasteiger partial charge in [0.15, 0.2) is 0 Å². The third-order valence-corrected chi connectivity index (χ3v) is 4.15. The fourth-order valence-corrected chi connectivity index (χ4v) is 2.92. The van der Waals surface area contributed by atoms with Gasteiger partial charge in [0.25, 0.3) is 0 Å². The Hall–Kier alpha value is 0.644. The van der Waals surface area contributed by atoms with E-state index in [1.54, 1.807) is 17.4 Å². The fourth-order valence-electron chi connectivity index (χ4n) is 0.558. The molecule has 1 nitrogen and oxygen atoms in total. The van der Waals surface area contributed by atoms with E-state index in [9.17, 15) is 0 Å². The molecule has 5 heteroatoms. The molecule has 0 aromatic carbocycles. The predicted octanol–water partition coefficient (Wildman–Crippen LogP) is -3.92. The molecule has 0 spiro atoms. The Bertz CT molecular complexity index is 268. The molecule has 1 heterocycles. The number of hydrogen-bond donors (Lipinski definition) is 0. The molecule has 0 N–H and O–H groups in total. The minimum Gasteiger partial charge on any atom is 1.00 e. The molecular weight excluding hydrogens is 220 g/mol. The molecular formula is C8H8CuLi2NS. The van der Waals surface area contributed by atoms with Gasteiger partial charge in [-0.05, 0) is 0 Å². The molecule has 13 heavy (non-hydrogen) atoms. The van der Waals surface area contributed by atoms with Crippen LogP contribution in [0.5, 0.6) is 0 Å². The van der Waals surface area contributed by atoms with Gasteiger partial charge in [-0.3, -0.25) is 0 Å². The standard InChI is InChI=1S/C4H3S.C3H5.CN.Cu.2Li/c1-2-4-5-3-1;1-3-2;1-2;;;/h1-3H;3H,1-2H2;;;;/q;;;-2;2*+1. The van der Waals surface area contributed by atoms with Gasteiger partial charge in [-0.1, -0.05) is 0 Å². The van der Waals surface area contributed by atoms with Gasteiger partial charge < -0.3 is 0 Å². The molecule has 0 aliphatic heterocycles. The molecule has 0 saturated heterocycles. The van der Waals surface area contributed by atoms with Crippen LogP contribution in [0.4, 0.5) is 0 Å². The van der Waals surface area contributed by atoms with Crippen LogP contribution in [0.1, 0.15) is 0 Å². The third kappa shape index (κ3) is 5.17. The van der Waals surface area contributed by atoms with Crippen LogP contribution in [-0.2, 0) is 13.9 Å². The van der Waals surface area contributed by atoms with E-state index < -0.39 is 0 Å². The maximum absolute atomic E-state index is 8.75. The van der Waals surface area contributed by atoms with E-state index >= 15 is 0 Å². The van der Waals surface area contributed by atoms with E-state index in [1.165, 1.54) is 0 Å².